The van der Waals surface area contributed by atoms with E-state index >= 15 is 0 Å². The number of carbonyl (C=O) groups excluding carboxylic acids is 1. The summed E-state index contributed by atoms with van der Waals surface area (Å²) in [5.41, 5.74) is 0.284. The predicted molar refractivity (Wildman–Crippen MR) is 87.3 cm³/mol. The average Bonchev–Trinajstić information content (AvgIpc) is 3.48. The van der Waals surface area contributed by atoms with Crippen LogP contribution < -0.4 is 10.1 Å². The molecule has 1 aromatic rings. The molecule has 1 saturated carbocycles. The highest BCUT2D eigenvalue weighted by atomic mass is 16.5. The van der Waals surface area contributed by atoms with Crippen molar-refractivity contribution in [2.45, 2.75) is 37.8 Å². The Morgan fingerprint density at radius 1 is 1.30 bits per heavy atom. The minimum atomic E-state index is -0.347. The van der Waals surface area contributed by atoms with Crippen LogP contribution in [0.25, 0.3) is 0 Å². The van der Waals surface area contributed by atoms with Crippen LogP contribution in [-0.4, -0.2) is 24.7 Å². The Morgan fingerprint density at radius 2 is 2.04 bits per heavy atom. The molecule has 3 rings (SSSR count). The van der Waals surface area contributed by atoms with Crippen molar-refractivity contribution in [3.05, 3.63) is 29.8 Å². The standard InChI is InChI=1S/C18H21N3O2/c1-2-3-10-18(20-21-18)11-12-19-17(22)15-6-8-16(9-7-15)23-13-14-4-5-14/h1,6-9,14H,3-5,10-13H2,(H,19,22). The molecule has 0 saturated heterocycles. The fourth-order valence-electron chi connectivity index (χ4n) is 2.35. The van der Waals surface area contributed by atoms with Gasteiger partial charge < -0.3 is 10.1 Å². The normalized spacial score (nSPS) is 17.3. The molecule has 0 aromatic heterocycles. The van der Waals surface area contributed by atoms with Crippen LogP contribution in [0.3, 0.4) is 0 Å². The van der Waals surface area contributed by atoms with Crippen LogP contribution >= 0.6 is 0 Å². The Kier molecular flexibility index (Phi) is 4.61. The second-order valence-electron chi connectivity index (χ2n) is 6.17. The lowest BCUT2D eigenvalue weighted by Crippen LogP contribution is -2.28. The summed E-state index contributed by atoms with van der Waals surface area (Å²) in [6.07, 6.45) is 9.90. The lowest BCUT2D eigenvalue weighted by molar-refractivity contribution is 0.0952. The van der Waals surface area contributed by atoms with E-state index in [4.69, 9.17) is 11.2 Å². The van der Waals surface area contributed by atoms with Crippen LogP contribution in [0.15, 0.2) is 34.5 Å². The molecule has 1 heterocycles. The number of amides is 1. The number of carbonyl (C=O) groups is 1. The predicted octanol–water partition coefficient (Wildman–Crippen LogP) is 3.17. The number of rotatable bonds is 9. The highest BCUT2D eigenvalue weighted by molar-refractivity contribution is 5.94. The molecule has 1 amide bonds. The van der Waals surface area contributed by atoms with Crippen molar-refractivity contribution in [1.29, 1.82) is 0 Å². The fourth-order valence-corrected chi connectivity index (χ4v) is 2.35. The van der Waals surface area contributed by atoms with Crippen molar-refractivity contribution in [2.24, 2.45) is 16.1 Å². The quantitative estimate of drug-likeness (QED) is 0.712. The molecule has 1 fully saturated rings. The van der Waals surface area contributed by atoms with Gasteiger partial charge in [-0.1, -0.05) is 0 Å². The summed E-state index contributed by atoms with van der Waals surface area (Å²) < 4.78 is 5.66. The van der Waals surface area contributed by atoms with Gasteiger partial charge in [0.2, 0.25) is 0 Å². The van der Waals surface area contributed by atoms with Gasteiger partial charge in [0, 0.05) is 31.4 Å². The zero-order chi connectivity index (χ0) is 16.1. The first-order chi connectivity index (χ1) is 11.2. The van der Waals surface area contributed by atoms with Gasteiger partial charge in [0.25, 0.3) is 5.91 Å². The Labute approximate surface area is 136 Å². The second-order valence-corrected chi connectivity index (χ2v) is 6.17. The number of nitrogens with one attached hydrogen (secondary N) is 1. The summed E-state index contributed by atoms with van der Waals surface area (Å²) in [6, 6.07) is 7.27. The third-order valence-corrected chi connectivity index (χ3v) is 4.16. The van der Waals surface area contributed by atoms with Crippen molar-refractivity contribution in [3.8, 4) is 18.1 Å². The fraction of sp³-hybridized carbons (Fsp3) is 0.500. The number of terminal acetylenes is 1. The maximum atomic E-state index is 12.1. The van der Waals surface area contributed by atoms with Gasteiger partial charge in [-0.2, -0.15) is 10.2 Å². The van der Waals surface area contributed by atoms with E-state index in [2.05, 4.69) is 21.5 Å². The summed E-state index contributed by atoms with van der Waals surface area (Å²) in [5, 5.41) is 11.0. The lowest BCUT2D eigenvalue weighted by Gasteiger charge is -2.10. The third kappa shape index (κ3) is 4.56. The summed E-state index contributed by atoms with van der Waals surface area (Å²) in [5.74, 6) is 4.04. The molecule has 0 atom stereocenters. The van der Waals surface area contributed by atoms with Gasteiger partial charge in [-0.15, -0.1) is 12.3 Å². The Hall–Kier alpha value is -2.35. The smallest absolute Gasteiger partial charge is 0.251 e. The monoisotopic (exact) mass is 311 g/mol. The van der Waals surface area contributed by atoms with Gasteiger partial charge in [0.1, 0.15) is 5.75 Å². The van der Waals surface area contributed by atoms with E-state index in [1.54, 1.807) is 12.1 Å². The molecule has 5 heteroatoms. The molecule has 120 valence electrons. The molecule has 2 aliphatic rings. The number of hydrogen-bond donors (Lipinski definition) is 1. The van der Waals surface area contributed by atoms with Crippen LogP contribution in [0.1, 0.15) is 42.5 Å². The summed E-state index contributed by atoms with van der Waals surface area (Å²) in [7, 11) is 0. The minimum Gasteiger partial charge on any atom is -0.493 e. The zero-order valence-corrected chi connectivity index (χ0v) is 13.1. The molecule has 1 aromatic carbocycles. The van der Waals surface area contributed by atoms with Crippen molar-refractivity contribution >= 4 is 5.91 Å². The molecular formula is C18H21N3O2. The first-order valence-electron chi connectivity index (χ1n) is 8.09. The first-order valence-corrected chi connectivity index (χ1v) is 8.09. The molecule has 1 aliphatic carbocycles. The van der Waals surface area contributed by atoms with Crippen LogP contribution in [0, 0.1) is 18.3 Å². The van der Waals surface area contributed by atoms with Gasteiger partial charge in [0.15, 0.2) is 5.66 Å². The number of hydrogen-bond acceptors (Lipinski definition) is 4. The molecule has 0 spiro atoms. The van der Waals surface area contributed by atoms with E-state index in [-0.39, 0.29) is 11.6 Å². The first kappa shape index (κ1) is 15.5. The van der Waals surface area contributed by atoms with Gasteiger partial charge in [0.05, 0.1) is 6.61 Å². The summed E-state index contributed by atoms with van der Waals surface area (Å²) >= 11 is 0. The minimum absolute atomic E-state index is 0.0912. The molecule has 1 N–H and O–H groups in total. The van der Waals surface area contributed by atoms with Crippen molar-refractivity contribution in [2.75, 3.05) is 13.2 Å². The Balaban J connectivity index is 1.40. The van der Waals surface area contributed by atoms with E-state index < -0.39 is 0 Å². The Bertz CT molecular complexity index is 621. The molecule has 5 nitrogen and oxygen atoms in total. The maximum Gasteiger partial charge on any atom is 0.251 e. The van der Waals surface area contributed by atoms with Gasteiger partial charge in [-0.05, 0) is 43.0 Å². The zero-order valence-electron chi connectivity index (χ0n) is 13.1. The summed E-state index contributed by atoms with van der Waals surface area (Å²) in [4.78, 5) is 12.1. The molecule has 23 heavy (non-hydrogen) atoms. The molecule has 0 bridgehead atoms. The van der Waals surface area contributed by atoms with Crippen molar-refractivity contribution < 1.29 is 9.53 Å². The lowest BCUT2D eigenvalue weighted by atomic mass is 10.0. The van der Waals surface area contributed by atoms with E-state index in [0.29, 0.717) is 24.9 Å². The molecule has 1 aliphatic heterocycles. The van der Waals surface area contributed by atoms with Crippen LogP contribution in [-0.2, 0) is 0 Å². The molecule has 0 radical (unpaired) electrons. The van der Waals surface area contributed by atoms with Crippen LogP contribution in [0.5, 0.6) is 5.75 Å². The molecular weight excluding hydrogens is 290 g/mol. The second kappa shape index (κ2) is 6.82. The third-order valence-electron chi connectivity index (χ3n) is 4.16. The number of benzene rings is 1. The van der Waals surface area contributed by atoms with Crippen LogP contribution in [0.4, 0.5) is 0 Å². The van der Waals surface area contributed by atoms with Gasteiger partial charge in [-0.3, -0.25) is 4.79 Å². The van der Waals surface area contributed by atoms with E-state index in [1.165, 1.54) is 12.8 Å². The highest BCUT2D eigenvalue weighted by Crippen LogP contribution is 2.36. The van der Waals surface area contributed by atoms with Gasteiger partial charge >= 0.3 is 0 Å². The van der Waals surface area contributed by atoms with E-state index in [1.807, 2.05) is 12.1 Å². The van der Waals surface area contributed by atoms with Crippen molar-refractivity contribution in [1.82, 2.24) is 5.32 Å². The Morgan fingerprint density at radius 3 is 2.65 bits per heavy atom. The van der Waals surface area contributed by atoms with E-state index in [9.17, 15) is 4.79 Å². The highest BCUT2D eigenvalue weighted by Gasteiger charge is 2.38. The van der Waals surface area contributed by atoms with Crippen LogP contribution in [0.2, 0.25) is 0 Å². The van der Waals surface area contributed by atoms with E-state index in [0.717, 1.165) is 24.7 Å². The van der Waals surface area contributed by atoms with Crippen molar-refractivity contribution in [3.63, 3.8) is 0 Å². The molecule has 0 unspecified atom stereocenters. The largest absolute Gasteiger partial charge is 0.493 e. The van der Waals surface area contributed by atoms with Gasteiger partial charge in [-0.25, -0.2) is 0 Å². The number of nitrogens with zero attached hydrogens (tertiary/aromatic N) is 2. The SMILES string of the molecule is C#CCCC1(CCNC(=O)c2ccc(OCC3CC3)cc2)N=N1. The maximum absolute atomic E-state index is 12.1. The average molecular weight is 311 g/mol. The summed E-state index contributed by atoms with van der Waals surface area (Å²) in [6.45, 7) is 1.31. The number of ether oxygens (including phenoxy) is 1. The topological polar surface area (TPSA) is 63.0 Å².